The van der Waals surface area contributed by atoms with E-state index in [1.54, 1.807) is 0 Å². The number of rotatable bonds is 4. The molecule has 0 bridgehead atoms. The van der Waals surface area contributed by atoms with Gasteiger partial charge in [0.1, 0.15) is 0 Å². The van der Waals surface area contributed by atoms with E-state index in [1.807, 2.05) is 0 Å². The van der Waals surface area contributed by atoms with E-state index in [0.717, 1.165) is 18.8 Å². The Balaban J connectivity index is 2.14. The molecule has 1 atom stereocenters. The van der Waals surface area contributed by atoms with Gasteiger partial charge in [0.05, 0.1) is 0 Å². The Bertz CT molecular complexity index is 133. The molecule has 1 saturated carbocycles. The Morgan fingerprint density at radius 3 is 2.80 bits per heavy atom. The highest BCUT2D eigenvalue weighted by Gasteiger charge is 2.29. The van der Waals surface area contributed by atoms with Gasteiger partial charge in [0, 0.05) is 12.5 Å². The van der Waals surface area contributed by atoms with E-state index < -0.39 is 0 Å². The quantitative estimate of drug-likeness (QED) is 0.340. The van der Waals surface area contributed by atoms with Crippen molar-refractivity contribution in [2.24, 2.45) is 11.8 Å². The zero-order valence-corrected chi connectivity index (χ0v) is 6.14. The van der Waals surface area contributed by atoms with Gasteiger partial charge in [-0.2, -0.15) is 0 Å². The van der Waals surface area contributed by atoms with Crippen LogP contribution in [0.1, 0.15) is 25.7 Å². The van der Waals surface area contributed by atoms with Crippen LogP contribution in [0.4, 0.5) is 0 Å². The molecule has 0 aromatic rings. The summed E-state index contributed by atoms with van der Waals surface area (Å²) in [6, 6.07) is 0.469. The zero-order chi connectivity index (χ0) is 7.40. The fourth-order valence-corrected chi connectivity index (χ4v) is 1.19. The summed E-state index contributed by atoms with van der Waals surface area (Å²) in [5.41, 5.74) is 2.80. The second kappa shape index (κ2) is 3.60. The van der Waals surface area contributed by atoms with Crippen molar-refractivity contribution in [2.45, 2.75) is 31.7 Å². The molecule has 10 heavy (non-hydrogen) atoms. The van der Waals surface area contributed by atoms with Crippen LogP contribution >= 0.6 is 0 Å². The second-order valence-corrected chi connectivity index (χ2v) is 2.85. The third-order valence-electron chi connectivity index (χ3n) is 2.00. The van der Waals surface area contributed by atoms with Crippen LogP contribution in [0.3, 0.4) is 0 Å². The molecule has 0 aromatic carbocycles. The maximum Gasteiger partial charge on any atom is 0.0247 e. The molecule has 0 heterocycles. The molecule has 1 fully saturated rings. The number of hydrogen-bond acceptors (Lipinski definition) is 2. The lowest BCUT2D eigenvalue weighted by atomic mass is 10.1. The molecule has 0 aliphatic heterocycles. The number of terminal acetylenes is 1. The first-order valence-corrected chi connectivity index (χ1v) is 3.78. The summed E-state index contributed by atoms with van der Waals surface area (Å²) in [4.78, 5) is 0. The fraction of sp³-hybridized carbons (Fsp3) is 0.750. The molecule has 0 spiro atoms. The van der Waals surface area contributed by atoms with E-state index in [-0.39, 0.29) is 0 Å². The van der Waals surface area contributed by atoms with Crippen molar-refractivity contribution in [3.8, 4) is 12.3 Å². The molecule has 2 nitrogen and oxygen atoms in total. The molecule has 1 aliphatic rings. The van der Waals surface area contributed by atoms with Crippen molar-refractivity contribution in [3.63, 3.8) is 0 Å². The van der Waals surface area contributed by atoms with Gasteiger partial charge < -0.3 is 0 Å². The van der Waals surface area contributed by atoms with E-state index in [1.165, 1.54) is 12.8 Å². The van der Waals surface area contributed by atoms with Crippen molar-refractivity contribution in [1.82, 2.24) is 5.43 Å². The van der Waals surface area contributed by atoms with E-state index in [2.05, 4.69) is 11.3 Å². The molecular weight excluding hydrogens is 124 g/mol. The predicted octanol–water partition coefficient (Wildman–Crippen LogP) is 0.642. The lowest BCUT2D eigenvalue weighted by molar-refractivity contribution is 0.451. The van der Waals surface area contributed by atoms with Crippen LogP contribution < -0.4 is 11.3 Å². The second-order valence-electron chi connectivity index (χ2n) is 2.85. The van der Waals surface area contributed by atoms with Gasteiger partial charge in [-0.05, 0) is 25.2 Å². The lowest BCUT2D eigenvalue weighted by Gasteiger charge is -2.11. The standard InChI is InChI=1S/C8H14N2/c1-2-3-4-8(10-9)7-5-6-7/h1,7-8,10H,3-6,9H2. The lowest BCUT2D eigenvalue weighted by Crippen LogP contribution is -2.36. The van der Waals surface area contributed by atoms with Gasteiger partial charge in [0.25, 0.3) is 0 Å². The smallest absolute Gasteiger partial charge is 0.0247 e. The third-order valence-corrected chi connectivity index (χ3v) is 2.00. The van der Waals surface area contributed by atoms with E-state index in [4.69, 9.17) is 12.3 Å². The maximum atomic E-state index is 5.34. The molecule has 2 heteroatoms. The molecule has 1 aliphatic carbocycles. The van der Waals surface area contributed by atoms with Crippen LogP contribution in [0.15, 0.2) is 0 Å². The summed E-state index contributed by atoms with van der Waals surface area (Å²) in [6.45, 7) is 0. The monoisotopic (exact) mass is 138 g/mol. The van der Waals surface area contributed by atoms with E-state index in [9.17, 15) is 0 Å². The highest BCUT2D eigenvalue weighted by Crippen LogP contribution is 2.33. The largest absolute Gasteiger partial charge is 0.271 e. The molecule has 1 unspecified atom stereocenters. The average molecular weight is 138 g/mol. The number of hydrazine groups is 1. The Morgan fingerprint density at radius 2 is 2.40 bits per heavy atom. The minimum atomic E-state index is 0.469. The SMILES string of the molecule is C#CCCC(NN)C1CC1. The fourth-order valence-electron chi connectivity index (χ4n) is 1.19. The summed E-state index contributed by atoms with van der Waals surface area (Å²) >= 11 is 0. The van der Waals surface area contributed by atoms with Crippen LogP contribution in [-0.4, -0.2) is 6.04 Å². The topological polar surface area (TPSA) is 38.0 Å². The summed E-state index contributed by atoms with van der Waals surface area (Å²) < 4.78 is 0. The zero-order valence-electron chi connectivity index (χ0n) is 6.14. The van der Waals surface area contributed by atoms with Crippen LogP contribution in [0.5, 0.6) is 0 Å². The summed E-state index contributed by atoms with van der Waals surface area (Å²) in [5, 5.41) is 0. The minimum Gasteiger partial charge on any atom is -0.271 e. The van der Waals surface area contributed by atoms with Gasteiger partial charge in [-0.25, -0.2) is 0 Å². The minimum absolute atomic E-state index is 0.469. The molecule has 0 amide bonds. The number of hydrogen-bond donors (Lipinski definition) is 2. The van der Waals surface area contributed by atoms with Crippen molar-refractivity contribution in [2.75, 3.05) is 0 Å². The number of nitrogens with two attached hydrogens (primary N) is 1. The first-order chi connectivity index (χ1) is 4.88. The van der Waals surface area contributed by atoms with Crippen LogP contribution in [-0.2, 0) is 0 Å². The van der Waals surface area contributed by atoms with Crippen LogP contribution in [0.25, 0.3) is 0 Å². The molecule has 3 N–H and O–H groups in total. The molecule has 0 aromatic heterocycles. The highest BCUT2D eigenvalue weighted by atomic mass is 15.2. The van der Waals surface area contributed by atoms with Crippen molar-refractivity contribution >= 4 is 0 Å². The Labute approximate surface area is 62.1 Å². The first-order valence-electron chi connectivity index (χ1n) is 3.78. The van der Waals surface area contributed by atoms with Gasteiger partial charge in [0.2, 0.25) is 0 Å². The summed E-state index contributed by atoms with van der Waals surface area (Å²) in [7, 11) is 0. The average Bonchev–Trinajstić information content (AvgIpc) is 2.73. The van der Waals surface area contributed by atoms with Crippen molar-refractivity contribution in [1.29, 1.82) is 0 Å². The van der Waals surface area contributed by atoms with E-state index >= 15 is 0 Å². The Kier molecular flexibility index (Phi) is 2.73. The van der Waals surface area contributed by atoms with Crippen molar-refractivity contribution < 1.29 is 0 Å². The summed E-state index contributed by atoms with van der Waals surface area (Å²) in [5.74, 6) is 8.76. The molecule has 56 valence electrons. The Hall–Kier alpha value is -0.520. The Morgan fingerprint density at radius 1 is 1.70 bits per heavy atom. The number of nitrogens with one attached hydrogen (secondary N) is 1. The van der Waals surface area contributed by atoms with Crippen LogP contribution in [0.2, 0.25) is 0 Å². The molecule has 1 rings (SSSR count). The van der Waals surface area contributed by atoms with Gasteiger partial charge >= 0.3 is 0 Å². The molecule has 0 saturated heterocycles. The van der Waals surface area contributed by atoms with Gasteiger partial charge in [-0.15, -0.1) is 12.3 Å². The molecular formula is C8H14N2. The van der Waals surface area contributed by atoms with Gasteiger partial charge in [-0.1, -0.05) is 0 Å². The third kappa shape index (κ3) is 2.02. The van der Waals surface area contributed by atoms with Gasteiger partial charge in [0.15, 0.2) is 0 Å². The first kappa shape index (κ1) is 7.59. The molecule has 0 radical (unpaired) electrons. The van der Waals surface area contributed by atoms with E-state index in [0.29, 0.717) is 6.04 Å². The highest BCUT2D eigenvalue weighted by molar-refractivity contribution is 4.90. The van der Waals surface area contributed by atoms with Gasteiger partial charge in [-0.3, -0.25) is 11.3 Å². The summed E-state index contributed by atoms with van der Waals surface area (Å²) in [6.07, 6.45) is 9.64. The predicted molar refractivity (Wildman–Crippen MR) is 41.9 cm³/mol. The van der Waals surface area contributed by atoms with Crippen molar-refractivity contribution in [3.05, 3.63) is 0 Å². The van der Waals surface area contributed by atoms with Crippen LogP contribution in [0, 0.1) is 18.3 Å². The normalized spacial score (nSPS) is 20.0. The maximum absolute atomic E-state index is 5.34.